The van der Waals surface area contributed by atoms with Gasteiger partial charge in [-0.1, -0.05) is 12.2 Å². The zero-order chi connectivity index (χ0) is 8.10. The first-order valence-corrected chi connectivity index (χ1v) is 4.36. The quantitative estimate of drug-likeness (QED) is 0.610. The molecule has 64 valence electrons. The molecule has 0 spiro atoms. The van der Waals surface area contributed by atoms with Crippen LogP contribution in [0, 0.1) is 5.92 Å². The predicted molar refractivity (Wildman–Crippen MR) is 48.4 cm³/mol. The molecule has 11 heavy (non-hydrogen) atoms. The molecule has 1 rings (SSSR count). The van der Waals surface area contributed by atoms with Crippen molar-refractivity contribution in [1.29, 1.82) is 0 Å². The van der Waals surface area contributed by atoms with Crippen molar-refractivity contribution >= 4 is 0 Å². The van der Waals surface area contributed by atoms with Crippen molar-refractivity contribution in [2.75, 3.05) is 26.7 Å². The van der Waals surface area contributed by atoms with E-state index >= 15 is 0 Å². The third kappa shape index (κ3) is 3.04. The first-order valence-electron chi connectivity index (χ1n) is 4.36. The van der Waals surface area contributed by atoms with Crippen LogP contribution in [0.4, 0.5) is 0 Å². The molecule has 1 heterocycles. The Morgan fingerprint density at radius 1 is 1.55 bits per heavy atom. The number of allylic oxidation sites excluding steroid dienone is 1. The molecule has 1 aliphatic rings. The summed E-state index contributed by atoms with van der Waals surface area (Å²) in [4.78, 5) is 2.39. The summed E-state index contributed by atoms with van der Waals surface area (Å²) in [5.74, 6) is 0.878. The van der Waals surface area contributed by atoms with Crippen LogP contribution >= 0.6 is 0 Å². The van der Waals surface area contributed by atoms with E-state index < -0.39 is 0 Å². The van der Waals surface area contributed by atoms with Gasteiger partial charge >= 0.3 is 0 Å². The Balaban J connectivity index is 2.13. The summed E-state index contributed by atoms with van der Waals surface area (Å²) in [6.07, 6.45) is 6.83. The normalized spacial score (nSPS) is 26.9. The molecule has 1 unspecified atom stereocenters. The van der Waals surface area contributed by atoms with Gasteiger partial charge in [-0.2, -0.15) is 0 Å². The highest BCUT2D eigenvalue weighted by Crippen LogP contribution is 2.17. The Morgan fingerprint density at radius 3 is 2.91 bits per heavy atom. The summed E-state index contributed by atoms with van der Waals surface area (Å²) in [6, 6.07) is 0. The SMILES string of the molecule is CN1CCC(C/C=C\CN)C1. The van der Waals surface area contributed by atoms with Crippen molar-refractivity contribution in [3.63, 3.8) is 0 Å². The molecule has 0 aromatic heterocycles. The minimum atomic E-state index is 0.683. The van der Waals surface area contributed by atoms with Gasteiger partial charge in [-0.25, -0.2) is 0 Å². The Bertz CT molecular complexity index is 132. The molecule has 2 heteroatoms. The van der Waals surface area contributed by atoms with E-state index in [0.717, 1.165) is 5.92 Å². The third-order valence-corrected chi connectivity index (χ3v) is 2.26. The predicted octanol–water partition coefficient (Wildman–Crippen LogP) is 0.843. The van der Waals surface area contributed by atoms with Crippen molar-refractivity contribution in [3.8, 4) is 0 Å². The summed E-state index contributed by atoms with van der Waals surface area (Å²) >= 11 is 0. The maximum absolute atomic E-state index is 5.34. The van der Waals surface area contributed by atoms with E-state index in [4.69, 9.17) is 5.73 Å². The minimum Gasteiger partial charge on any atom is -0.327 e. The van der Waals surface area contributed by atoms with E-state index in [2.05, 4.69) is 24.1 Å². The van der Waals surface area contributed by atoms with Gasteiger partial charge in [-0.15, -0.1) is 0 Å². The molecule has 0 aromatic rings. The molecular formula is C9H18N2. The van der Waals surface area contributed by atoms with Crippen LogP contribution in [-0.4, -0.2) is 31.6 Å². The average molecular weight is 154 g/mol. The molecular weight excluding hydrogens is 136 g/mol. The van der Waals surface area contributed by atoms with Crippen LogP contribution in [0.25, 0.3) is 0 Å². The van der Waals surface area contributed by atoms with Crippen LogP contribution in [0.3, 0.4) is 0 Å². The van der Waals surface area contributed by atoms with Gasteiger partial charge in [0.25, 0.3) is 0 Å². The molecule has 0 aliphatic carbocycles. The van der Waals surface area contributed by atoms with Crippen molar-refractivity contribution in [2.45, 2.75) is 12.8 Å². The van der Waals surface area contributed by atoms with E-state index in [1.807, 2.05) is 0 Å². The van der Waals surface area contributed by atoms with Gasteiger partial charge in [0.15, 0.2) is 0 Å². The highest BCUT2D eigenvalue weighted by molar-refractivity contribution is 4.87. The smallest absolute Gasteiger partial charge is 0.0106 e. The second-order valence-electron chi connectivity index (χ2n) is 3.36. The fourth-order valence-corrected chi connectivity index (χ4v) is 1.60. The lowest BCUT2D eigenvalue weighted by Crippen LogP contribution is -2.13. The minimum absolute atomic E-state index is 0.683. The third-order valence-electron chi connectivity index (χ3n) is 2.26. The van der Waals surface area contributed by atoms with Crippen LogP contribution in [0.1, 0.15) is 12.8 Å². The fourth-order valence-electron chi connectivity index (χ4n) is 1.60. The average Bonchev–Trinajstić information content (AvgIpc) is 2.37. The van der Waals surface area contributed by atoms with Crippen LogP contribution in [0.2, 0.25) is 0 Å². The molecule has 0 amide bonds. The van der Waals surface area contributed by atoms with Crippen molar-refractivity contribution in [3.05, 3.63) is 12.2 Å². The summed E-state index contributed by atoms with van der Waals surface area (Å²) in [7, 11) is 2.19. The molecule has 1 fully saturated rings. The van der Waals surface area contributed by atoms with E-state index in [1.165, 1.54) is 25.9 Å². The topological polar surface area (TPSA) is 29.3 Å². The lowest BCUT2D eigenvalue weighted by molar-refractivity contribution is 0.396. The van der Waals surface area contributed by atoms with Gasteiger partial charge in [0, 0.05) is 13.1 Å². The number of likely N-dealkylation sites (tertiary alicyclic amines) is 1. The standard InChI is InChI=1S/C9H18N2/c1-11-7-5-9(8-11)4-2-3-6-10/h2-3,9H,4-8,10H2,1H3/b3-2-. The van der Waals surface area contributed by atoms with E-state index in [0.29, 0.717) is 6.54 Å². The molecule has 1 atom stereocenters. The Labute approximate surface area is 69.1 Å². The number of hydrogen-bond acceptors (Lipinski definition) is 2. The number of hydrogen-bond donors (Lipinski definition) is 1. The fraction of sp³-hybridized carbons (Fsp3) is 0.778. The molecule has 2 nitrogen and oxygen atoms in total. The van der Waals surface area contributed by atoms with E-state index in [1.54, 1.807) is 0 Å². The van der Waals surface area contributed by atoms with Gasteiger partial charge in [-0.05, 0) is 32.4 Å². The lowest BCUT2D eigenvalue weighted by atomic mass is 10.1. The number of nitrogens with two attached hydrogens (primary N) is 1. The molecule has 0 bridgehead atoms. The van der Waals surface area contributed by atoms with E-state index in [9.17, 15) is 0 Å². The maximum Gasteiger partial charge on any atom is 0.0106 e. The highest BCUT2D eigenvalue weighted by Gasteiger charge is 2.17. The molecule has 0 radical (unpaired) electrons. The van der Waals surface area contributed by atoms with Crippen molar-refractivity contribution in [1.82, 2.24) is 4.90 Å². The number of rotatable bonds is 3. The molecule has 0 saturated carbocycles. The maximum atomic E-state index is 5.34. The van der Waals surface area contributed by atoms with Crippen molar-refractivity contribution in [2.24, 2.45) is 11.7 Å². The monoisotopic (exact) mass is 154 g/mol. The zero-order valence-electron chi connectivity index (χ0n) is 7.29. The highest BCUT2D eigenvalue weighted by atomic mass is 15.1. The summed E-state index contributed by atoms with van der Waals surface area (Å²) in [5.41, 5.74) is 5.34. The summed E-state index contributed by atoms with van der Waals surface area (Å²) in [5, 5.41) is 0. The van der Waals surface area contributed by atoms with Gasteiger partial charge in [0.05, 0.1) is 0 Å². The molecule has 2 N–H and O–H groups in total. The van der Waals surface area contributed by atoms with Gasteiger partial charge in [0.1, 0.15) is 0 Å². The summed E-state index contributed by atoms with van der Waals surface area (Å²) < 4.78 is 0. The van der Waals surface area contributed by atoms with Gasteiger partial charge < -0.3 is 10.6 Å². The first kappa shape index (κ1) is 8.75. The van der Waals surface area contributed by atoms with Crippen LogP contribution in [0.15, 0.2) is 12.2 Å². The molecule has 1 saturated heterocycles. The molecule has 0 aromatic carbocycles. The lowest BCUT2D eigenvalue weighted by Gasteiger charge is -2.06. The van der Waals surface area contributed by atoms with Crippen LogP contribution < -0.4 is 5.73 Å². The van der Waals surface area contributed by atoms with Gasteiger partial charge in [0.2, 0.25) is 0 Å². The zero-order valence-corrected chi connectivity index (χ0v) is 7.29. The Kier molecular flexibility index (Phi) is 3.60. The van der Waals surface area contributed by atoms with E-state index in [-0.39, 0.29) is 0 Å². The Hall–Kier alpha value is -0.340. The largest absolute Gasteiger partial charge is 0.327 e. The van der Waals surface area contributed by atoms with Gasteiger partial charge in [-0.3, -0.25) is 0 Å². The first-order chi connectivity index (χ1) is 5.33. The number of nitrogens with zero attached hydrogens (tertiary/aromatic N) is 1. The molecule has 1 aliphatic heterocycles. The summed E-state index contributed by atoms with van der Waals surface area (Å²) in [6.45, 7) is 3.21. The Morgan fingerprint density at radius 2 is 2.36 bits per heavy atom. The van der Waals surface area contributed by atoms with Crippen molar-refractivity contribution < 1.29 is 0 Å². The second kappa shape index (κ2) is 4.52. The van der Waals surface area contributed by atoms with Crippen LogP contribution in [-0.2, 0) is 0 Å². The second-order valence-corrected chi connectivity index (χ2v) is 3.36. The van der Waals surface area contributed by atoms with Crippen LogP contribution in [0.5, 0.6) is 0 Å².